The molecule has 0 atom stereocenters. The smallest absolute Gasteiger partial charge is 0.187 e. The van der Waals surface area contributed by atoms with Crippen molar-refractivity contribution in [1.82, 2.24) is 9.97 Å². The Balaban J connectivity index is 2.15. The summed E-state index contributed by atoms with van der Waals surface area (Å²) in [6, 6.07) is 0. The molecule has 17 heavy (non-hydrogen) atoms. The lowest BCUT2D eigenvalue weighted by molar-refractivity contribution is -0.111. The van der Waals surface area contributed by atoms with Crippen LogP contribution in [0.25, 0.3) is 0 Å². The summed E-state index contributed by atoms with van der Waals surface area (Å²) in [6.45, 7) is 3.23. The topological polar surface area (TPSA) is 46.1 Å². The largest absolute Gasteiger partial charge is 0.354 e. The van der Waals surface area contributed by atoms with Gasteiger partial charge in [-0.05, 0) is 19.3 Å². The van der Waals surface area contributed by atoms with Crippen LogP contribution in [0.4, 0.5) is 10.2 Å². The average Bonchev–Trinajstić information content (AvgIpc) is 2.39. The van der Waals surface area contributed by atoms with Crippen molar-refractivity contribution >= 4 is 12.1 Å². The van der Waals surface area contributed by atoms with Gasteiger partial charge in [0.2, 0.25) is 0 Å². The summed E-state index contributed by atoms with van der Waals surface area (Å²) in [7, 11) is 0. The summed E-state index contributed by atoms with van der Waals surface area (Å²) in [5.41, 5.74) is 0.451. The molecule has 1 fully saturated rings. The molecule has 1 aliphatic rings. The highest BCUT2D eigenvalue weighted by Gasteiger charge is 2.22. The molecule has 0 amide bonds. The minimum Gasteiger partial charge on any atom is -0.354 e. The predicted octanol–water partition coefficient (Wildman–Crippen LogP) is 1.59. The molecule has 1 aliphatic heterocycles. The van der Waals surface area contributed by atoms with Crippen LogP contribution < -0.4 is 4.90 Å². The standard InChI is InChI=1S/C12H16FN3O/c1-2-10-11(13)12(15-8-14-10)16-5-3-9(7-17)4-6-16/h7-9H,2-6H2,1H3. The molecule has 2 rings (SSSR count). The molecule has 0 bridgehead atoms. The molecule has 1 aromatic rings. The van der Waals surface area contributed by atoms with E-state index < -0.39 is 0 Å². The fourth-order valence-corrected chi connectivity index (χ4v) is 2.11. The highest BCUT2D eigenvalue weighted by atomic mass is 19.1. The first kappa shape index (κ1) is 12.0. The number of hydrogen-bond donors (Lipinski definition) is 0. The van der Waals surface area contributed by atoms with Crippen LogP contribution in [-0.4, -0.2) is 29.3 Å². The van der Waals surface area contributed by atoms with Crippen molar-refractivity contribution in [2.45, 2.75) is 26.2 Å². The quantitative estimate of drug-likeness (QED) is 0.749. The summed E-state index contributed by atoms with van der Waals surface area (Å²) in [6.07, 6.45) is 4.50. The molecule has 0 unspecified atom stereocenters. The van der Waals surface area contributed by atoms with Crippen LogP contribution in [0.2, 0.25) is 0 Å². The van der Waals surface area contributed by atoms with Gasteiger partial charge in [-0.2, -0.15) is 0 Å². The Morgan fingerprint density at radius 3 is 2.76 bits per heavy atom. The molecule has 0 saturated carbocycles. The second kappa shape index (κ2) is 5.21. The van der Waals surface area contributed by atoms with Gasteiger partial charge in [0.1, 0.15) is 12.6 Å². The summed E-state index contributed by atoms with van der Waals surface area (Å²) in [5, 5.41) is 0. The number of hydrogen-bond acceptors (Lipinski definition) is 4. The van der Waals surface area contributed by atoms with Gasteiger partial charge in [-0.3, -0.25) is 0 Å². The number of carbonyl (C=O) groups excluding carboxylic acids is 1. The van der Waals surface area contributed by atoms with E-state index in [1.807, 2.05) is 11.8 Å². The zero-order valence-electron chi connectivity index (χ0n) is 9.90. The lowest BCUT2D eigenvalue weighted by Crippen LogP contribution is -2.35. The fraction of sp³-hybridized carbons (Fsp3) is 0.583. The molecule has 4 nitrogen and oxygen atoms in total. The fourth-order valence-electron chi connectivity index (χ4n) is 2.11. The van der Waals surface area contributed by atoms with E-state index in [4.69, 9.17) is 0 Å². The van der Waals surface area contributed by atoms with Gasteiger partial charge in [-0.1, -0.05) is 6.92 Å². The van der Waals surface area contributed by atoms with Crippen molar-refractivity contribution in [3.63, 3.8) is 0 Å². The van der Waals surface area contributed by atoms with Crippen LogP contribution in [0.15, 0.2) is 6.33 Å². The van der Waals surface area contributed by atoms with Crippen molar-refractivity contribution in [2.75, 3.05) is 18.0 Å². The van der Waals surface area contributed by atoms with E-state index in [1.165, 1.54) is 6.33 Å². The van der Waals surface area contributed by atoms with Crippen molar-refractivity contribution in [3.8, 4) is 0 Å². The molecule has 1 saturated heterocycles. The minimum atomic E-state index is -0.320. The maximum Gasteiger partial charge on any atom is 0.187 e. The first-order valence-corrected chi connectivity index (χ1v) is 5.95. The number of carbonyl (C=O) groups is 1. The second-order valence-electron chi connectivity index (χ2n) is 4.27. The second-order valence-corrected chi connectivity index (χ2v) is 4.27. The highest BCUT2D eigenvalue weighted by Crippen LogP contribution is 2.23. The molecule has 0 spiro atoms. The molecule has 0 aromatic carbocycles. The third-order valence-corrected chi connectivity index (χ3v) is 3.21. The van der Waals surface area contributed by atoms with Gasteiger partial charge in [0.15, 0.2) is 11.6 Å². The number of rotatable bonds is 3. The van der Waals surface area contributed by atoms with Gasteiger partial charge in [-0.15, -0.1) is 0 Å². The van der Waals surface area contributed by atoms with Gasteiger partial charge in [0.25, 0.3) is 0 Å². The number of aromatic nitrogens is 2. The van der Waals surface area contributed by atoms with Crippen LogP contribution in [0.5, 0.6) is 0 Å². The zero-order valence-corrected chi connectivity index (χ0v) is 9.90. The van der Waals surface area contributed by atoms with Crippen LogP contribution >= 0.6 is 0 Å². The Labute approximate surface area is 99.9 Å². The first-order valence-electron chi connectivity index (χ1n) is 5.95. The maximum atomic E-state index is 14.0. The van der Waals surface area contributed by atoms with Gasteiger partial charge < -0.3 is 9.69 Å². The summed E-state index contributed by atoms with van der Waals surface area (Å²) in [5.74, 6) is 0.169. The maximum absolute atomic E-state index is 14.0. The lowest BCUT2D eigenvalue weighted by Gasteiger charge is -2.30. The molecule has 2 heterocycles. The monoisotopic (exact) mass is 237 g/mol. The Kier molecular flexibility index (Phi) is 3.66. The van der Waals surface area contributed by atoms with Crippen LogP contribution in [-0.2, 0) is 11.2 Å². The number of aryl methyl sites for hydroxylation is 1. The number of piperidine rings is 1. The van der Waals surface area contributed by atoms with E-state index in [1.54, 1.807) is 0 Å². The molecule has 0 aliphatic carbocycles. The van der Waals surface area contributed by atoms with Gasteiger partial charge >= 0.3 is 0 Å². The number of anilines is 1. The number of nitrogens with zero attached hydrogens (tertiary/aromatic N) is 3. The predicted molar refractivity (Wildman–Crippen MR) is 62.4 cm³/mol. The SMILES string of the molecule is CCc1ncnc(N2CCC(C=O)CC2)c1F. The average molecular weight is 237 g/mol. The molecule has 1 aromatic heterocycles. The molecule has 92 valence electrons. The van der Waals surface area contributed by atoms with Gasteiger partial charge in [0.05, 0.1) is 5.69 Å². The molecule has 0 N–H and O–H groups in total. The zero-order chi connectivity index (χ0) is 12.3. The normalized spacial score (nSPS) is 17.2. The lowest BCUT2D eigenvalue weighted by atomic mass is 9.98. The summed E-state index contributed by atoms with van der Waals surface area (Å²) < 4.78 is 14.0. The van der Waals surface area contributed by atoms with Crippen LogP contribution in [0, 0.1) is 11.7 Å². The third kappa shape index (κ3) is 2.43. The minimum absolute atomic E-state index is 0.113. The van der Waals surface area contributed by atoms with E-state index in [9.17, 15) is 9.18 Å². The van der Waals surface area contributed by atoms with Crippen molar-refractivity contribution in [3.05, 3.63) is 17.8 Å². The summed E-state index contributed by atoms with van der Waals surface area (Å²) in [4.78, 5) is 20.5. The van der Waals surface area contributed by atoms with E-state index in [2.05, 4.69) is 9.97 Å². The first-order chi connectivity index (χ1) is 8.26. The molecule has 5 heteroatoms. The van der Waals surface area contributed by atoms with E-state index in [0.29, 0.717) is 31.0 Å². The highest BCUT2D eigenvalue weighted by molar-refractivity contribution is 5.54. The Morgan fingerprint density at radius 1 is 1.47 bits per heavy atom. The van der Waals surface area contributed by atoms with Crippen molar-refractivity contribution in [2.24, 2.45) is 5.92 Å². The van der Waals surface area contributed by atoms with E-state index in [-0.39, 0.29) is 11.7 Å². The van der Waals surface area contributed by atoms with Gasteiger partial charge in [-0.25, -0.2) is 14.4 Å². The Hall–Kier alpha value is -1.52. The molecule has 0 radical (unpaired) electrons. The third-order valence-electron chi connectivity index (χ3n) is 3.21. The van der Waals surface area contributed by atoms with E-state index >= 15 is 0 Å². The van der Waals surface area contributed by atoms with Crippen molar-refractivity contribution < 1.29 is 9.18 Å². The molecular weight excluding hydrogens is 221 g/mol. The number of halogens is 1. The molecular formula is C12H16FN3O. The summed E-state index contributed by atoms with van der Waals surface area (Å²) >= 11 is 0. The van der Waals surface area contributed by atoms with Crippen molar-refractivity contribution in [1.29, 1.82) is 0 Å². The number of aldehydes is 1. The van der Waals surface area contributed by atoms with Crippen LogP contribution in [0.1, 0.15) is 25.5 Å². The van der Waals surface area contributed by atoms with Crippen LogP contribution in [0.3, 0.4) is 0 Å². The Morgan fingerprint density at radius 2 is 2.18 bits per heavy atom. The van der Waals surface area contributed by atoms with Gasteiger partial charge in [0, 0.05) is 19.0 Å². The van der Waals surface area contributed by atoms with E-state index in [0.717, 1.165) is 19.1 Å². The Bertz CT molecular complexity index is 403.